The standard InChI is InChI=1S/C12H24O2/c1-2-3-4-5-6-7-8-9-12(14)10-11-13/h11-12,14H,2-10H2,1H3/t12-/m1/s1. The molecular weight excluding hydrogens is 176 g/mol. The Morgan fingerprint density at radius 3 is 2.21 bits per heavy atom. The molecule has 1 N–H and O–H groups in total. The van der Waals surface area contributed by atoms with Crippen molar-refractivity contribution in [3.8, 4) is 0 Å². The van der Waals surface area contributed by atoms with Crippen LogP contribution < -0.4 is 0 Å². The Morgan fingerprint density at radius 2 is 1.64 bits per heavy atom. The Bertz CT molecular complexity index is 123. The summed E-state index contributed by atoms with van der Waals surface area (Å²) in [5.41, 5.74) is 0. The highest BCUT2D eigenvalue weighted by molar-refractivity contribution is 5.49. The lowest BCUT2D eigenvalue weighted by Gasteiger charge is -2.05. The molecule has 1 atom stereocenters. The number of unbranched alkanes of at least 4 members (excludes halogenated alkanes) is 6. The molecular formula is C12H24O2. The van der Waals surface area contributed by atoms with Crippen molar-refractivity contribution < 1.29 is 9.90 Å². The smallest absolute Gasteiger partial charge is 0.122 e. The molecule has 0 bridgehead atoms. The molecule has 2 heteroatoms. The molecule has 0 aromatic carbocycles. The van der Waals surface area contributed by atoms with E-state index in [-0.39, 0.29) is 0 Å². The highest BCUT2D eigenvalue weighted by Crippen LogP contribution is 2.10. The van der Waals surface area contributed by atoms with E-state index in [9.17, 15) is 9.90 Å². The van der Waals surface area contributed by atoms with Crippen molar-refractivity contribution in [2.45, 2.75) is 70.8 Å². The molecule has 14 heavy (non-hydrogen) atoms. The maximum absolute atomic E-state index is 10.1. The molecule has 0 spiro atoms. The molecule has 0 amide bonds. The van der Waals surface area contributed by atoms with E-state index >= 15 is 0 Å². The Hall–Kier alpha value is -0.370. The first-order valence-electron chi connectivity index (χ1n) is 5.93. The number of carbonyl (C=O) groups is 1. The van der Waals surface area contributed by atoms with Crippen molar-refractivity contribution in [2.24, 2.45) is 0 Å². The summed E-state index contributed by atoms with van der Waals surface area (Å²) in [7, 11) is 0. The quantitative estimate of drug-likeness (QED) is 0.434. The van der Waals surface area contributed by atoms with Crippen LogP contribution >= 0.6 is 0 Å². The van der Waals surface area contributed by atoms with E-state index in [1.165, 1.54) is 38.5 Å². The predicted octanol–water partition coefficient (Wildman–Crippen LogP) is 3.08. The zero-order valence-electron chi connectivity index (χ0n) is 9.37. The fourth-order valence-electron chi connectivity index (χ4n) is 1.57. The van der Waals surface area contributed by atoms with E-state index in [1.807, 2.05) is 0 Å². The first kappa shape index (κ1) is 13.6. The van der Waals surface area contributed by atoms with Gasteiger partial charge < -0.3 is 9.90 Å². The van der Waals surface area contributed by atoms with E-state index < -0.39 is 6.10 Å². The van der Waals surface area contributed by atoms with Crippen LogP contribution in [-0.4, -0.2) is 17.5 Å². The van der Waals surface area contributed by atoms with E-state index in [0.29, 0.717) is 6.42 Å². The summed E-state index contributed by atoms with van der Waals surface area (Å²) in [5.74, 6) is 0. The largest absolute Gasteiger partial charge is 0.393 e. The average molecular weight is 200 g/mol. The second-order valence-corrected chi connectivity index (χ2v) is 3.97. The fraction of sp³-hybridized carbons (Fsp3) is 0.917. The summed E-state index contributed by atoms with van der Waals surface area (Å²) in [6.45, 7) is 2.22. The molecule has 0 rings (SSSR count). The molecule has 0 radical (unpaired) electrons. The van der Waals surface area contributed by atoms with Crippen LogP contribution in [-0.2, 0) is 4.79 Å². The molecule has 2 nitrogen and oxygen atoms in total. The maximum Gasteiger partial charge on any atom is 0.122 e. The number of aldehydes is 1. The average Bonchev–Trinajstić information content (AvgIpc) is 2.17. The van der Waals surface area contributed by atoms with Crippen molar-refractivity contribution in [1.29, 1.82) is 0 Å². The summed E-state index contributed by atoms with van der Waals surface area (Å²) < 4.78 is 0. The second kappa shape index (κ2) is 10.7. The summed E-state index contributed by atoms with van der Waals surface area (Å²) in [6.07, 6.45) is 10.3. The second-order valence-electron chi connectivity index (χ2n) is 3.97. The number of rotatable bonds is 10. The maximum atomic E-state index is 10.1. The first-order chi connectivity index (χ1) is 6.81. The number of carbonyl (C=O) groups excluding carboxylic acids is 1. The molecule has 0 saturated heterocycles. The van der Waals surface area contributed by atoms with Crippen molar-refractivity contribution in [3.05, 3.63) is 0 Å². The Balaban J connectivity index is 3.01. The van der Waals surface area contributed by atoms with Crippen molar-refractivity contribution in [1.82, 2.24) is 0 Å². The SMILES string of the molecule is CCCCCCCCC[C@@H](O)CC=O. The zero-order valence-corrected chi connectivity index (χ0v) is 9.37. The van der Waals surface area contributed by atoms with Crippen LogP contribution in [0.3, 0.4) is 0 Å². The topological polar surface area (TPSA) is 37.3 Å². The molecule has 0 heterocycles. The third-order valence-corrected chi connectivity index (χ3v) is 2.51. The number of aliphatic hydroxyl groups is 1. The van der Waals surface area contributed by atoms with Gasteiger partial charge in [0.05, 0.1) is 6.10 Å². The highest BCUT2D eigenvalue weighted by Gasteiger charge is 2.01. The summed E-state index contributed by atoms with van der Waals surface area (Å²) >= 11 is 0. The Kier molecular flexibility index (Phi) is 10.4. The molecule has 0 aliphatic rings. The summed E-state index contributed by atoms with van der Waals surface area (Å²) in [6, 6.07) is 0. The zero-order chi connectivity index (χ0) is 10.6. The van der Waals surface area contributed by atoms with Crippen molar-refractivity contribution in [3.63, 3.8) is 0 Å². The third kappa shape index (κ3) is 9.72. The molecule has 0 aliphatic carbocycles. The van der Waals surface area contributed by atoms with Gasteiger partial charge in [0.25, 0.3) is 0 Å². The van der Waals surface area contributed by atoms with Crippen LogP contribution in [0.15, 0.2) is 0 Å². The molecule has 0 fully saturated rings. The monoisotopic (exact) mass is 200 g/mol. The normalized spacial score (nSPS) is 12.7. The number of aliphatic hydroxyl groups excluding tert-OH is 1. The van der Waals surface area contributed by atoms with Gasteiger partial charge in [0, 0.05) is 6.42 Å². The predicted molar refractivity (Wildman–Crippen MR) is 59.3 cm³/mol. The minimum absolute atomic E-state index is 0.301. The van der Waals surface area contributed by atoms with Crippen LogP contribution in [0.1, 0.15) is 64.7 Å². The van der Waals surface area contributed by atoms with E-state index in [1.54, 1.807) is 0 Å². The lowest BCUT2D eigenvalue weighted by atomic mass is 10.1. The van der Waals surface area contributed by atoms with E-state index in [0.717, 1.165) is 19.1 Å². The lowest BCUT2D eigenvalue weighted by Crippen LogP contribution is -2.06. The summed E-state index contributed by atoms with van der Waals surface area (Å²) in [4.78, 5) is 10.1. The van der Waals surface area contributed by atoms with Crippen molar-refractivity contribution in [2.75, 3.05) is 0 Å². The minimum atomic E-state index is -0.400. The van der Waals surface area contributed by atoms with Gasteiger partial charge in [-0.25, -0.2) is 0 Å². The first-order valence-corrected chi connectivity index (χ1v) is 5.93. The highest BCUT2D eigenvalue weighted by atomic mass is 16.3. The third-order valence-electron chi connectivity index (χ3n) is 2.51. The van der Waals surface area contributed by atoms with Crippen LogP contribution in [0, 0.1) is 0 Å². The Labute approximate surface area is 87.7 Å². The molecule has 0 aliphatic heterocycles. The molecule has 0 unspecified atom stereocenters. The van der Waals surface area contributed by atoms with E-state index in [4.69, 9.17) is 0 Å². The van der Waals surface area contributed by atoms with Gasteiger partial charge in [0.15, 0.2) is 0 Å². The summed E-state index contributed by atoms with van der Waals surface area (Å²) in [5, 5.41) is 9.26. The van der Waals surface area contributed by atoms with Gasteiger partial charge in [-0.3, -0.25) is 0 Å². The Morgan fingerprint density at radius 1 is 1.07 bits per heavy atom. The van der Waals surface area contributed by atoms with Gasteiger partial charge in [0.2, 0.25) is 0 Å². The minimum Gasteiger partial charge on any atom is -0.393 e. The van der Waals surface area contributed by atoms with Gasteiger partial charge in [0.1, 0.15) is 6.29 Å². The lowest BCUT2D eigenvalue weighted by molar-refractivity contribution is -0.109. The molecule has 0 aromatic heterocycles. The van der Waals surface area contributed by atoms with Crippen LogP contribution in [0.2, 0.25) is 0 Å². The molecule has 0 aromatic rings. The van der Waals surface area contributed by atoms with Gasteiger partial charge in [-0.15, -0.1) is 0 Å². The van der Waals surface area contributed by atoms with E-state index in [2.05, 4.69) is 6.92 Å². The molecule has 84 valence electrons. The van der Waals surface area contributed by atoms with Gasteiger partial charge >= 0.3 is 0 Å². The van der Waals surface area contributed by atoms with Crippen molar-refractivity contribution >= 4 is 6.29 Å². The number of hydrogen-bond acceptors (Lipinski definition) is 2. The molecule has 0 saturated carbocycles. The van der Waals surface area contributed by atoms with Crippen LogP contribution in [0.4, 0.5) is 0 Å². The van der Waals surface area contributed by atoms with Gasteiger partial charge in [-0.05, 0) is 6.42 Å². The van der Waals surface area contributed by atoms with Crippen LogP contribution in [0.25, 0.3) is 0 Å². The van der Waals surface area contributed by atoms with Crippen LogP contribution in [0.5, 0.6) is 0 Å². The fourth-order valence-corrected chi connectivity index (χ4v) is 1.57. The number of hydrogen-bond donors (Lipinski definition) is 1. The van der Waals surface area contributed by atoms with Gasteiger partial charge in [-0.1, -0.05) is 51.9 Å². The van der Waals surface area contributed by atoms with Gasteiger partial charge in [-0.2, -0.15) is 0 Å².